The van der Waals surface area contributed by atoms with Gasteiger partial charge < -0.3 is 9.59 Å². The van der Waals surface area contributed by atoms with Crippen LogP contribution in [0, 0.1) is 5.92 Å². The Hall–Kier alpha value is -0.0800. The van der Waals surface area contributed by atoms with Gasteiger partial charge in [0.15, 0.2) is 0 Å². The summed E-state index contributed by atoms with van der Waals surface area (Å²) in [6.45, 7) is 3.15. The molecule has 82 valence electrons. The highest BCUT2D eigenvalue weighted by Crippen LogP contribution is 2.37. The fourth-order valence-electron chi connectivity index (χ4n) is 3.74. The van der Waals surface area contributed by atoms with Gasteiger partial charge in [-0.1, -0.05) is 0 Å². The van der Waals surface area contributed by atoms with E-state index >= 15 is 0 Å². The molecule has 0 aromatic heterocycles. The van der Waals surface area contributed by atoms with E-state index in [0.717, 1.165) is 18.4 Å². The van der Waals surface area contributed by atoms with Crippen LogP contribution in [0.4, 0.5) is 0 Å². The first-order chi connectivity index (χ1) is 6.76. The standard InChI is InChI=1S/C12H24NO/c1-13-8-3-2-6-12(13)11(7-10-14)5-4-9-13/h11-12,14H,2-10H2,1H3/q+1/t11-,12-,13-/m1/s1. The lowest BCUT2D eigenvalue weighted by molar-refractivity contribution is -0.947. The summed E-state index contributed by atoms with van der Waals surface area (Å²) >= 11 is 0. The lowest BCUT2D eigenvalue weighted by Gasteiger charge is -2.51. The average Bonchev–Trinajstić information content (AvgIpc) is 2.18. The summed E-state index contributed by atoms with van der Waals surface area (Å²) < 4.78 is 1.31. The lowest BCUT2D eigenvalue weighted by Crippen LogP contribution is -2.60. The van der Waals surface area contributed by atoms with Crippen LogP contribution in [0.5, 0.6) is 0 Å². The van der Waals surface area contributed by atoms with Gasteiger partial charge in [-0.2, -0.15) is 0 Å². The quantitative estimate of drug-likeness (QED) is 0.671. The minimum absolute atomic E-state index is 0.390. The summed E-state index contributed by atoms with van der Waals surface area (Å²) in [5.41, 5.74) is 0. The second kappa shape index (κ2) is 4.19. The molecule has 2 fully saturated rings. The van der Waals surface area contributed by atoms with Crippen molar-refractivity contribution in [2.75, 3.05) is 26.7 Å². The van der Waals surface area contributed by atoms with E-state index < -0.39 is 0 Å². The van der Waals surface area contributed by atoms with Crippen LogP contribution in [-0.4, -0.2) is 42.4 Å². The zero-order chi connectivity index (χ0) is 10.0. The van der Waals surface area contributed by atoms with E-state index in [1.807, 2.05) is 0 Å². The topological polar surface area (TPSA) is 20.2 Å². The van der Waals surface area contributed by atoms with Crippen molar-refractivity contribution in [2.45, 2.75) is 44.6 Å². The van der Waals surface area contributed by atoms with Crippen LogP contribution in [0.15, 0.2) is 0 Å². The summed E-state index contributed by atoms with van der Waals surface area (Å²) in [7, 11) is 2.44. The molecule has 2 aliphatic rings. The van der Waals surface area contributed by atoms with E-state index in [-0.39, 0.29) is 0 Å². The molecule has 2 rings (SSSR count). The van der Waals surface area contributed by atoms with Crippen LogP contribution in [0.3, 0.4) is 0 Å². The number of quaternary nitrogens is 1. The number of hydrogen-bond donors (Lipinski definition) is 1. The van der Waals surface area contributed by atoms with Crippen molar-refractivity contribution in [1.29, 1.82) is 0 Å². The van der Waals surface area contributed by atoms with Gasteiger partial charge in [0.1, 0.15) is 0 Å². The summed E-state index contributed by atoms with van der Waals surface area (Å²) in [5, 5.41) is 9.09. The van der Waals surface area contributed by atoms with Gasteiger partial charge in [-0.15, -0.1) is 0 Å². The van der Waals surface area contributed by atoms with Gasteiger partial charge in [-0.3, -0.25) is 0 Å². The largest absolute Gasteiger partial charge is 0.396 e. The number of aliphatic hydroxyl groups is 1. The minimum atomic E-state index is 0.390. The SMILES string of the molecule is C[N@+]12CCCC[C@@H]1[C@@H](CCO)CCC2. The van der Waals surface area contributed by atoms with Crippen LogP contribution in [0.1, 0.15) is 38.5 Å². The Labute approximate surface area is 87.5 Å². The van der Waals surface area contributed by atoms with Gasteiger partial charge in [0.2, 0.25) is 0 Å². The Balaban J connectivity index is 2.06. The van der Waals surface area contributed by atoms with Crippen LogP contribution in [0.25, 0.3) is 0 Å². The van der Waals surface area contributed by atoms with Gasteiger partial charge in [0.25, 0.3) is 0 Å². The van der Waals surface area contributed by atoms with Crippen molar-refractivity contribution < 1.29 is 9.59 Å². The lowest BCUT2D eigenvalue weighted by atomic mass is 9.80. The van der Waals surface area contributed by atoms with Crippen LogP contribution >= 0.6 is 0 Å². The predicted molar refractivity (Wildman–Crippen MR) is 58.0 cm³/mol. The maximum absolute atomic E-state index is 9.09. The summed E-state index contributed by atoms with van der Waals surface area (Å²) in [5.74, 6) is 0.805. The highest BCUT2D eigenvalue weighted by atomic mass is 16.3. The number of fused-ring (bicyclic) bond motifs is 1. The first kappa shape index (κ1) is 10.4. The third-order valence-corrected chi connectivity index (χ3v) is 4.51. The fourth-order valence-corrected chi connectivity index (χ4v) is 3.74. The Morgan fingerprint density at radius 2 is 1.93 bits per heavy atom. The van der Waals surface area contributed by atoms with Gasteiger partial charge in [0, 0.05) is 12.5 Å². The first-order valence-corrected chi connectivity index (χ1v) is 6.21. The Bertz CT molecular complexity index is 189. The minimum Gasteiger partial charge on any atom is -0.396 e. The summed E-state index contributed by atoms with van der Waals surface area (Å²) in [4.78, 5) is 0. The molecule has 2 saturated heterocycles. The van der Waals surface area contributed by atoms with Crippen LogP contribution < -0.4 is 0 Å². The molecule has 0 unspecified atom stereocenters. The Morgan fingerprint density at radius 3 is 2.71 bits per heavy atom. The Morgan fingerprint density at radius 1 is 1.14 bits per heavy atom. The van der Waals surface area contributed by atoms with E-state index in [4.69, 9.17) is 5.11 Å². The molecule has 0 saturated carbocycles. The molecular formula is C12H24NO+. The second-order valence-corrected chi connectivity index (χ2v) is 5.40. The molecule has 0 spiro atoms. The molecule has 3 atom stereocenters. The monoisotopic (exact) mass is 198 g/mol. The van der Waals surface area contributed by atoms with Gasteiger partial charge in [-0.25, -0.2) is 0 Å². The Kier molecular flexibility index (Phi) is 3.13. The number of aliphatic hydroxyl groups excluding tert-OH is 1. The van der Waals surface area contributed by atoms with Crippen molar-refractivity contribution in [3.8, 4) is 0 Å². The molecule has 0 aromatic carbocycles. The average molecular weight is 198 g/mol. The molecule has 2 heterocycles. The van der Waals surface area contributed by atoms with Gasteiger partial charge in [0.05, 0.1) is 26.2 Å². The van der Waals surface area contributed by atoms with Crippen molar-refractivity contribution in [3.05, 3.63) is 0 Å². The fraction of sp³-hybridized carbons (Fsp3) is 1.00. The normalized spacial score (nSPS) is 43.3. The van der Waals surface area contributed by atoms with Crippen molar-refractivity contribution in [2.24, 2.45) is 5.92 Å². The van der Waals surface area contributed by atoms with Gasteiger partial charge in [-0.05, 0) is 38.5 Å². The molecule has 2 heteroatoms. The smallest absolute Gasteiger partial charge is 0.0917 e. The predicted octanol–water partition coefficient (Wildman–Crippen LogP) is 1.78. The van der Waals surface area contributed by atoms with Gasteiger partial charge >= 0.3 is 0 Å². The van der Waals surface area contributed by atoms with Crippen molar-refractivity contribution in [1.82, 2.24) is 0 Å². The third-order valence-electron chi connectivity index (χ3n) is 4.51. The molecule has 1 N–H and O–H groups in total. The van der Waals surface area contributed by atoms with Crippen molar-refractivity contribution in [3.63, 3.8) is 0 Å². The van der Waals surface area contributed by atoms with Crippen LogP contribution in [-0.2, 0) is 0 Å². The highest BCUT2D eigenvalue weighted by molar-refractivity contribution is 4.78. The molecule has 0 aliphatic carbocycles. The van der Waals surface area contributed by atoms with E-state index in [2.05, 4.69) is 7.05 Å². The molecule has 0 amide bonds. The van der Waals surface area contributed by atoms with E-state index in [1.165, 1.54) is 49.7 Å². The maximum Gasteiger partial charge on any atom is 0.0917 e. The van der Waals surface area contributed by atoms with E-state index in [0.29, 0.717) is 6.61 Å². The van der Waals surface area contributed by atoms with Crippen LogP contribution in [0.2, 0.25) is 0 Å². The summed E-state index contributed by atoms with van der Waals surface area (Å²) in [6, 6.07) is 0.865. The van der Waals surface area contributed by atoms with E-state index in [1.54, 1.807) is 0 Å². The van der Waals surface area contributed by atoms with E-state index in [9.17, 15) is 0 Å². The molecule has 2 nitrogen and oxygen atoms in total. The molecular weight excluding hydrogens is 174 g/mol. The number of rotatable bonds is 2. The number of nitrogens with zero attached hydrogens (tertiary/aromatic N) is 1. The maximum atomic E-state index is 9.09. The third kappa shape index (κ3) is 1.82. The molecule has 0 bridgehead atoms. The number of piperidine rings is 2. The summed E-state index contributed by atoms with van der Waals surface area (Å²) in [6.07, 6.45) is 8.01. The number of hydrogen-bond acceptors (Lipinski definition) is 1. The second-order valence-electron chi connectivity index (χ2n) is 5.40. The zero-order valence-electron chi connectivity index (χ0n) is 9.41. The molecule has 0 radical (unpaired) electrons. The zero-order valence-corrected chi connectivity index (χ0v) is 9.41. The first-order valence-electron chi connectivity index (χ1n) is 6.21. The molecule has 2 aliphatic heterocycles. The molecule has 0 aromatic rings. The molecule has 14 heavy (non-hydrogen) atoms. The highest BCUT2D eigenvalue weighted by Gasteiger charge is 2.42. The van der Waals surface area contributed by atoms with Crippen molar-refractivity contribution >= 4 is 0 Å².